The van der Waals surface area contributed by atoms with Crippen LogP contribution in [-0.2, 0) is 25.7 Å². The summed E-state index contributed by atoms with van der Waals surface area (Å²) in [5.74, 6) is -2.26. The van der Waals surface area contributed by atoms with E-state index in [1.165, 1.54) is 0 Å². The molecular weight excluding hydrogens is 460 g/mol. The van der Waals surface area contributed by atoms with Gasteiger partial charge >= 0.3 is 12.1 Å². The molecule has 1 amide bonds. The zero-order valence-corrected chi connectivity index (χ0v) is 16.4. The molecule has 156 valence electrons. The molecule has 2 rings (SSSR count). The first-order chi connectivity index (χ1) is 13.3. The molecule has 3 N–H and O–H groups in total. The molecule has 0 saturated heterocycles. The quantitative estimate of drug-likeness (QED) is 0.649. The number of carbonyl (C=O) groups is 2. The van der Waals surface area contributed by atoms with E-state index >= 15 is 0 Å². The van der Waals surface area contributed by atoms with E-state index in [2.05, 4.69) is 4.74 Å². The zero-order chi connectivity index (χ0) is 22.0. The van der Waals surface area contributed by atoms with Gasteiger partial charge in [-0.05, 0) is 36.4 Å². The van der Waals surface area contributed by atoms with E-state index in [1.54, 1.807) is 0 Å². The number of amides is 1. The van der Waals surface area contributed by atoms with Crippen LogP contribution in [-0.4, -0.2) is 26.9 Å². The number of nitrogens with one attached hydrogen (secondary N) is 1. The molecule has 2 aromatic carbocycles. The molecule has 0 atom stereocenters. The number of esters is 1. The van der Waals surface area contributed by atoms with Crippen molar-refractivity contribution >= 4 is 50.8 Å². The van der Waals surface area contributed by atoms with Crippen LogP contribution in [0.1, 0.15) is 15.9 Å². The molecule has 0 aliphatic heterocycles. The Morgan fingerprint density at radius 3 is 2.34 bits per heavy atom. The number of hydrogen-bond donors (Lipinski definition) is 2. The van der Waals surface area contributed by atoms with Crippen molar-refractivity contribution in [1.29, 1.82) is 0 Å². The SMILES string of the molecule is NS(=O)(=O)c1ccc(Cl)c(C(=O)OCC(=O)Nc2ccc(Cl)cc2C(F)(F)F)c1. The van der Waals surface area contributed by atoms with E-state index in [4.69, 9.17) is 28.3 Å². The number of sulfonamides is 1. The Morgan fingerprint density at radius 1 is 1.10 bits per heavy atom. The number of halogens is 5. The van der Waals surface area contributed by atoms with E-state index in [9.17, 15) is 31.2 Å². The summed E-state index contributed by atoms with van der Waals surface area (Å²) in [7, 11) is -4.13. The van der Waals surface area contributed by atoms with Crippen molar-refractivity contribution in [2.45, 2.75) is 11.1 Å². The Morgan fingerprint density at radius 2 is 1.76 bits per heavy atom. The standard InChI is InChI=1S/C16H11Cl2F3N2O5S/c17-8-1-4-13(11(5-8)16(19,20)21)23-14(24)7-28-15(25)10-6-9(29(22,26)27)2-3-12(10)18/h1-6H,7H2,(H,23,24)(H2,22,26,27). The van der Waals surface area contributed by atoms with Crippen molar-refractivity contribution in [2.24, 2.45) is 5.14 Å². The van der Waals surface area contributed by atoms with Crippen molar-refractivity contribution in [2.75, 3.05) is 11.9 Å². The summed E-state index contributed by atoms with van der Waals surface area (Å²) in [4.78, 5) is 23.5. The third kappa shape index (κ3) is 6.07. The van der Waals surface area contributed by atoms with Crippen LogP contribution in [0.15, 0.2) is 41.3 Å². The van der Waals surface area contributed by atoms with Crippen LogP contribution in [0.2, 0.25) is 10.0 Å². The Bertz CT molecular complexity index is 1070. The normalized spacial score (nSPS) is 11.8. The van der Waals surface area contributed by atoms with Gasteiger partial charge in [-0.25, -0.2) is 18.4 Å². The maximum absolute atomic E-state index is 13.0. The maximum atomic E-state index is 13.0. The minimum atomic E-state index is -4.79. The second-order valence-electron chi connectivity index (χ2n) is 5.50. The lowest BCUT2D eigenvalue weighted by Crippen LogP contribution is -2.23. The molecule has 0 unspecified atom stereocenters. The van der Waals surface area contributed by atoms with Crippen molar-refractivity contribution in [1.82, 2.24) is 0 Å². The fraction of sp³-hybridized carbons (Fsp3) is 0.125. The van der Waals surface area contributed by atoms with Crippen molar-refractivity contribution in [3.63, 3.8) is 0 Å². The summed E-state index contributed by atoms with van der Waals surface area (Å²) in [6.07, 6.45) is -4.79. The molecule has 29 heavy (non-hydrogen) atoms. The molecule has 0 fully saturated rings. The molecule has 0 spiro atoms. The Labute approximate surface area is 172 Å². The first kappa shape index (κ1) is 22.9. The van der Waals surface area contributed by atoms with E-state index in [1.807, 2.05) is 5.32 Å². The number of rotatable bonds is 5. The van der Waals surface area contributed by atoms with Crippen LogP contribution >= 0.6 is 23.2 Å². The van der Waals surface area contributed by atoms with Crippen LogP contribution in [0.25, 0.3) is 0 Å². The van der Waals surface area contributed by atoms with Crippen LogP contribution in [0, 0.1) is 0 Å². The van der Waals surface area contributed by atoms with E-state index in [0.29, 0.717) is 6.07 Å². The highest BCUT2D eigenvalue weighted by molar-refractivity contribution is 7.89. The Hall–Kier alpha value is -2.34. The minimum Gasteiger partial charge on any atom is -0.452 e. The summed E-state index contributed by atoms with van der Waals surface area (Å²) >= 11 is 11.3. The molecule has 0 aliphatic carbocycles. The van der Waals surface area contributed by atoms with Crippen LogP contribution in [0.3, 0.4) is 0 Å². The lowest BCUT2D eigenvalue weighted by atomic mass is 10.1. The highest BCUT2D eigenvalue weighted by atomic mass is 35.5. The third-order valence-electron chi connectivity index (χ3n) is 3.38. The lowest BCUT2D eigenvalue weighted by Gasteiger charge is -2.14. The number of anilines is 1. The number of benzene rings is 2. The fourth-order valence-corrected chi connectivity index (χ4v) is 3.00. The van der Waals surface area contributed by atoms with Gasteiger partial charge in [0.05, 0.1) is 26.7 Å². The number of hydrogen-bond acceptors (Lipinski definition) is 5. The number of primary sulfonamides is 1. The van der Waals surface area contributed by atoms with Gasteiger partial charge in [-0.2, -0.15) is 13.2 Å². The summed E-state index contributed by atoms with van der Waals surface area (Å²) in [6, 6.07) is 5.69. The molecule has 13 heteroatoms. The summed E-state index contributed by atoms with van der Waals surface area (Å²) in [6.45, 7) is -0.964. The molecule has 0 saturated carbocycles. The highest BCUT2D eigenvalue weighted by Crippen LogP contribution is 2.36. The molecule has 0 aliphatic rings. The first-order valence-electron chi connectivity index (χ1n) is 7.45. The van der Waals surface area contributed by atoms with E-state index in [0.717, 1.165) is 30.3 Å². The second-order valence-corrected chi connectivity index (χ2v) is 7.90. The highest BCUT2D eigenvalue weighted by Gasteiger charge is 2.34. The molecule has 7 nitrogen and oxygen atoms in total. The van der Waals surface area contributed by atoms with Gasteiger partial charge in [0.15, 0.2) is 6.61 Å². The van der Waals surface area contributed by atoms with E-state index < -0.39 is 56.4 Å². The van der Waals surface area contributed by atoms with Crippen LogP contribution in [0.4, 0.5) is 18.9 Å². The van der Waals surface area contributed by atoms with Gasteiger partial charge in [0.1, 0.15) is 0 Å². The first-order valence-corrected chi connectivity index (χ1v) is 9.75. The smallest absolute Gasteiger partial charge is 0.418 e. The molecule has 0 radical (unpaired) electrons. The largest absolute Gasteiger partial charge is 0.452 e. The van der Waals surface area contributed by atoms with Crippen LogP contribution < -0.4 is 10.5 Å². The maximum Gasteiger partial charge on any atom is 0.418 e. The molecular formula is C16H11Cl2F3N2O5S. The third-order valence-corrected chi connectivity index (χ3v) is 4.86. The molecule has 0 bridgehead atoms. The van der Waals surface area contributed by atoms with Crippen LogP contribution in [0.5, 0.6) is 0 Å². The van der Waals surface area contributed by atoms with Gasteiger partial charge in [0.25, 0.3) is 5.91 Å². The average molecular weight is 471 g/mol. The van der Waals surface area contributed by atoms with Gasteiger partial charge in [-0.1, -0.05) is 23.2 Å². The second kappa shape index (κ2) is 8.57. The predicted molar refractivity (Wildman–Crippen MR) is 98.2 cm³/mol. The number of alkyl halides is 3. The monoisotopic (exact) mass is 470 g/mol. The van der Waals surface area contributed by atoms with Gasteiger partial charge < -0.3 is 10.1 Å². The average Bonchev–Trinajstić information content (AvgIpc) is 2.59. The topological polar surface area (TPSA) is 116 Å². The van der Waals surface area contributed by atoms with Gasteiger partial charge in [0, 0.05) is 5.02 Å². The van der Waals surface area contributed by atoms with Crippen molar-refractivity contribution in [3.05, 3.63) is 57.6 Å². The minimum absolute atomic E-state index is 0.181. The number of nitrogens with two attached hydrogens (primary N) is 1. The Kier molecular flexibility index (Phi) is 6.78. The lowest BCUT2D eigenvalue weighted by molar-refractivity contribution is -0.137. The molecule has 0 heterocycles. The summed E-state index contributed by atoms with van der Waals surface area (Å²) in [5.41, 5.74) is -2.17. The molecule has 2 aromatic rings. The number of ether oxygens (including phenoxy) is 1. The van der Waals surface area contributed by atoms with Gasteiger partial charge in [-0.15, -0.1) is 0 Å². The number of carbonyl (C=O) groups excluding carboxylic acids is 2. The zero-order valence-electron chi connectivity index (χ0n) is 14.1. The predicted octanol–water partition coefficient (Wildman–Crippen LogP) is 3.46. The summed E-state index contributed by atoms with van der Waals surface area (Å²) < 4.78 is 66.4. The summed E-state index contributed by atoms with van der Waals surface area (Å²) in [5, 5.41) is 6.54. The van der Waals surface area contributed by atoms with Crippen molar-refractivity contribution in [3.8, 4) is 0 Å². The molecule has 0 aromatic heterocycles. The Balaban J connectivity index is 2.12. The van der Waals surface area contributed by atoms with Gasteiger partial charge in [0.2, 0.25) is 10.0 Å². The van der Waals surface area contributed by atoms with Gasteiger partial charge in [-0.3, -0.25) is 4.79 Å². The van der Waals surface area contributed by atoms with Crippen molar-refractivity contribution < 1.29 is 35.9 Å². The van der Waals surface area contributed by atoms with E-state index in [-0.39, 0.29) is 10.0 Å². The fourth-order valence-electron chi connectivity index (χ4n) is 2.09.